The minimum absolute atomic E-state index is 0.722. The van der Waals surface area contributed by atoms with Gasteiger partial charge in [-0.15, -0.1) is 5.10 Å². The molecule has 0 amide bonds. The molecule has 6 heteroatoms. The predicted octanol–water partition coefficient (Wildman–Crippen LogP) is 4.46. The zero-order valence-corrected chi connectivity index (χ0v) is 16.7. The van der Waals surface area contributed by atoms with Gasteiger partial charge in [-0.1, -0.05) is 24.6 Å². The summed E-state index contributed by atoms with van der Waals surface area (Å²) in [5.74, 6) is 1.70. The molecule has 4 rings (SSSR count). The van der Waals surface area contributed by atoms with Crippen molar-refractivity contribution < 1.29 is 0 Å². The van der Waals surface area contributed by atoms with Crippen molar-refractivity contribution in [2.75, 3.05) is 13.1 Å². The second kappa shape index (κ2) is 7.74. The van der Waals surface area contributed by atoms with E-state index in [1.165, 1.54) is 18.4 Å². The van der Waals surface area contributed by atoms with Crippen molar-refractivity contribution in [3.05, 3.63) is 59.1 Å². The summed E-state index contributed by atoms with van der Waals surface area (Å²) < 4.78 is 4.74. The van der Waals surface area contributed by atoms with Crippen LogP contribution in [0.15, 0.2) is 48.8 Å². The molecule has 0 N–H and O–H groups in total. The summed E-state index contributed by atoms with van der Waals surface area (Å²) in [6.45, 7) is 7.14. The third kappa shape index (κ3) is 4.01. The van der Waals surface area contributed by atoms with E-state index in [9.17, 15) is 0 Å². The van der Waals surface area contributed by atoms with Gasteiger partial charge in [0.05, 0.1) is 6.67 Å². The first kappa shape index (κ1) is 18.1. The lowest BCUT2D eigenvalue weighted by Crippen LogP contribution is -2.29. The van der Waals surface area contributed by atoms with Crippen molar-refractivity contribution in [2.24, 2.45) is 5.92 Å². The van der Waals surface area contributed by atoms with E-state index in [2.05, 4.69) is 52.6 Å². The van der Waals surface area contributed by atoms with E-state index >= 15 is 0 Å². The van der Waals surface area contributed by atoms with E-state index in [4.69, 9.17) is 17.3 Å². The number of hydrogen-bond acceptors (Lipinski definition) is 4. The number of aromatic nitrogens is 4. The Morgan fingerprint density at radius 1 is 1.11 bits per heavy atom. The van der Waals surface area contributed by atoms with Gasteiger partial charge in [-0.05, 0) is 68.7 Å². The van der Waals surface area contributed by atoms with E-state index in [1.54, 1.807) is 12.4 Å². The molecule has 2 aromatic heterocycles. The van der Waals surface area contributed by atoms with Gasteiger partial charge in [0.15, 0.2) is 5.82 Å². The molecule has 5 nitrogen and oxygen atoms in total. The molecular formula is C21H25N5S. The third-order valence-electron chi connectivity index (χ3n) is 5.06. The quantitative estimate of drug-likeness (QED) is 0.568. The van der Waals surface area contributed by atoms with Crippen LogP contribution >= 0.6 is 12.2 Å². The second-order valence-electron chi connectivity index (χ2n) is 7.27. The zero-order chi connectivity index (χ0) is 18.8. The highest BCUT2D eigenvalue weighted by atomic mass is 32.1. The lowest BCUT2D eigenvalue weighted by Gasteiger charge is -2.19. The largest absolute Gasteiger partial charge is 0.284 e. The van der Waals surface area contributed by atoms with Gasteiger partial charge < -0.3 is 0 Å². The number of aryl methyl sites for hydroxylation is 1. The fourth-order valence-electron chi connectivity index (χ4n) is 3.26. The highest BCUT2D eigenvalue weighted by Crippen LogP contribution is 2.30. The normalized spacial score (nSPS) is 14.0. The van der Waals surface area contributed by atoms with Crippen LogP contribution in [0.4, 0.5) is 0 Å². The Hall–Kier alpha value is -2.31. The fraction of sp³-hybridized carbons (Fsp3) is 0.381. The van der Waals surface area contributed by atoms with Crippen LogP contribution in [0.1, 0.15) is 25.3 Å². The second-order valence-corrected chi connectivity index (χ2v) is 7.63. The van der Waals surface area contributed by atoms with Gasteiger partial charge >= 0.3 is 0 Å². The molecule has 2 heterocycles. The molecule has 0 atom stereocenters. The maximum absolute atomic E-state index is 5.84. The van der Waals surface area contributed by atoms with Crippen LogP contribution in [0.5, 0.6) is 0 Å². The number of rotatable bonds is 7. The van der Waals surface area contributed by atoms with Crippen molar-refractivity contribution in [3.63, 3.8) is 0 Å². The molecule has 0 spiro atoms. The maximum Gasteiger partial charge on any atom is 0.204 e. The average molecular weight is 380 g/mol. The molecular weight excluding hydrogens is 354 g/mol. The van der Waals surface area contributed by atoms with E-state index < -0.39 is 0 Å². The van der Waals surface area contributed by atoms with Gasteiger partial charge in [-0.3, -0.25) is 14.5 Å². The summed E-state index contributed by atoms with van der Waals surface area (Å²) in [5, 5.41) is 4.90. The fourth-order valence-corrected chi connectivity index (χ4v) is 3.55. The summed E-state index contributed by atoms with van der Waals surface area (Å²) >= 11 is 5.84. The molecule has 1 saturated carbocycles. The number of pyridine rings is 1. The molecule has 1 aromatic carbocycles. The Labute approximate surface area is 165 Å². The monoisotopic (exact) mass is 379 g/mol. The third-order valence-corrected chi connectivity index (χ3v) is 5.46. The Morgan fingerprint density at radius 3 is 2.44 bits per heavy atom. The lowest BCUT2D eigenvalue weighted by atomic mass is 10.2. The summed E-state index contributed by atoms with van der Waals surface area (Å²) in [5.41, 5.74) is 3.28. The summed E-state index contributed by atoms with van der Waals surface area (Å²) in [6, 6.07) is 12.4. The Morgan fingerprint density at radius 2 is 1.81 bits per heavy atom. The molecule has 0 radical (unpaired) electrons. The van der Waals surface area contributed by atoms with Gasteiger partial charge in [0.2, 0.25) is 4.77 Å². The molecule has 3 aromatic rings. The van der Waals surface area contributed by atoms with E-state index in [1.807, 2.05) is 16.8 Å². The molecule has 1 fully saturated rings. The SMILES string of the molecule is CCN(CC1CC1)Cn1nc(-c2ccncc2)n(-c2ccc(C)cc2)c1=S. The topological polar surface area (TPSA) is 38.9 Å². The van der Waals surface area contributed by atoms with Gasteiger partial charge in [-0.2, -0.15) is 0 Å². The Bertz CT molecular complexity index is 954. The van der Waals surface area contributed by atoms with E-state index in [-0.39, 0.29) is 0 Å². The first-order valence-corrected chi connectivity index (χ1v) is 9.96. The van der Waals surface area contributed by atoms with Crippen LogP contribution in [0, 0.1) is 17.6 Å². The molecule has 27 heavy (non-hydrogen) atoms. The van der Waals surface area contributed by atoms with Crippen LogP contribution in [0.3, 0.4) is 0 Å². The summed E-state index contributed by atoms with van der Waals surface area (Å²) in [4.78, 5) is 6.56. The van der Waals surface area contributed by atoms with E-state index in [0.717, 1.165) is 47.5 Å². The Balaban J connectivity index is 1.76. The van der Waals surface area contributed by atoms with Crippen molar-refractivity contribution in [1.29, 1.82) is 0 Å². The molecule has 0 unspecified atom stereocenters. The molecule has 0 saturated heterocycles. The van der Waals surface area contributed by atoms with Gasteiger partial charge in [0.1, 0.15) is 0 Å². The van der Waals surface area contributed by atoms with Crippen LogP contribution in [0.2, 0.25) is 0 Å². The van der Waals surface area contributed by atoms with Gasteiger partial charge in [0, 0.05) is 30.2 Å². The van der Waals surface area contributed by atoms with Crippen LogP contribution in [-0.2, 0) is 6.67 Å². The maximum atomic E-state index is 5.84. The first-order chi connectivity index (χ1) is 13.2. The van der Waals surface area contributed by atoms with Crippen LogP contribution in [0.25, 0.3) is 17.1 Å². The molecule has 0 bridgehead atoms. The number of benzene rings is 1. The Kier molecular flexibility index (Phi) is 5.18. The summed E-state index contributed by atoms with van der Waals surface area (Å²) in [7, 11) is 0. The van der Waals surface area contributed by atoms with Crippen molar-refractivity contribution in [3.8, 4) is 17.1 Å². The number of nitrogens with zero attached hydrogens (tertiary/aromatic N) is 5. The van der Waals surface area contributed by atoms with Gasteiger partial charge in [0.25, 0.3) is 0 Å². The average Bonchev–Trinajstić information content (AvgIpc) is 3.46. The van der Waals surface area contributed by atoms with Crippen molar-refractivity contribution >= 4 is 12.2 Å². The zero-order valence-electron chi connectivity index (χ0n) is 15.9. The minimum Gasteiger partial charge on any atom is -0.284 e. The summed E-state index contributed by atoms with van der Waals surface area (Å²) in [6.07, 6.45) is 6.29. The molecule has 1 aliphatic carbocycles. The van der Waals surface area contributed by atoms with E-state index in [0.29, 0.717) is 0 Å². The van der Waals surface area contributed by atoms with Crippen molar-refractivity contribution in [2.45, 2.75) is 33.4 Å². The highest BCUT2D eigenvalue weighted by molar-refractivity contribution is 7.71. The molecule has 0 aliphatic heterocycles. The van der Waals surface area contributed by atoms with Gasteiger partial charge in [-0.25, -0.2) is 4.68 Å². The highest BCUT2D eigenvalue weighted by Gasteiger charge is 2.24. The lowest BCUT2D eigenvalue weighted by molar-refractivity contribution is 0.207. The smallest absolute Gasteiger partial charge is 0.204 e. The molecule has 1 aliphatic rings. The first-order valence-electron chi connectivity index (χ1n) is 9.55. The van der Waals surface area contributed by atoms with Crippen LogP contribution < -0.4 is 0 Å². The van der Waals surface area contributed by atoms with Crippen LogP contribution in [-0.4, -0.2) is 37.3 Å². The minimum atomic E-state index is 0.722. The predicted molar refractivity (Wildman–Crippen MR) is 110 cm³/mol. The molecule has 140 valence electrons. The standard InChI is InChI=1S/C21H25N5S/c1-3-24(14-17-6-7-17)15-25-21(27)26(19-8-4-16(2)5-9-19)20(23-25)18-10-12-22-13-11-18/h4-5,8-13,17H,3,6-7,14-15H2,1-2H3. The van der Waals surface area contributed by atoms with Crippen molar-refractivity contribution in [1.82, 2.24) is 24.2 Å². The number of hydrogen-bond donors (Lipinski definition) is 0.